The summed E-state index contributed by atoms with van der Waals surface area (Å²) in [6.07, 6.45) is 0.0118. The molecule has 2 N–H and O–H groups in total. The summed E-state index contributed by atoms with van der Waals surface area (Å²) in [5, 5.41) is 5.97. The lowest BCUT2D eigenvalue weighted by Gasteiger charge is -2.19. The Bertz CT molecular complexity index is 1990. The smallest absolute Gasteiger partial charge is 0.407 e. The van der Waals surface area contributed by atoms with Crippen LogP contribution in [0.5, 0.6) is 5.75 Å². The Kier molecular flexibility index (Phi) is 13.2. The van der Waals surface area contributed by atoms with Crippen molar-refractivity contribution >= 4 is 29.8 Å². The number of rotatable bonds is 16. The van der Waals surface area contributed by atoms with Crippen molar-refractivity contribution in [2.24, 2.45) is 0 Å². The van der Waals surface area contributed by atoms with E-state index in [1.807, 2.05) is 97.9 Å². The summed E-state index contributed by atoms with van der Waals surface area (Å²) in [7, 11) is 0. The third-order valence-corrected chi connectivity index (χ3v) is 9.63. The molecule has 0 saturated heterocycles. The molecule has 0 saturated carbocycles. The van der Waals surface area contributed by atoms with E-state index in [-0.39, 0.29) is 32.2 Å². The maximum atomic E-state index is 13.4. The first kappa shape index (κ1) is 37.9. The van der Waals surface area contributed by atoms with Crippen molar-refractivity contribution in [2.45, 2.75) is 58.0 Å². The van der Waals surface area contributed by atoms with E-state index in [0.29, 0.717) is 42.3 Å². The van der Waals surface area contributed by atoms with E-state index < -0.39 is 24.2 Å². The van der Waals surface area contributed by atoms with Crippen LogP contribution in [0.25, 0.3) is 11.1 Å². The van der Waals surface area contributed by atoms with Gasteiger partial charge >= 0.3 is 18.2 Å². The number of carbonyl (C=O) groups is 3. The molecule has 0 spiro atoms. The van der Waals surface area contributed by atoms with Gasteiger partial charge in [0.05, 0.1) is 0 Å². The number of alkyl carbamates (subject to hydrolysis) is 2. The fraction of sp³-hybridized carbons (Fsp3) is 0.250. The molecule has 0 radical (unpaired) electrons. The molecule has 0 bridgehead atoms. The summed E-state index contributed by atoms with van der Waals surface area (Å²) < 4.78 is 22.6. The van der Waals surface area contributed by atoms with Crippen LogP contribution in [0.3, 0.4) is 0 Å². The predicted molar refractivity (Wildman–Crippen MR) is 207 cm³/mol. The number of hydrogen-bond donors (Lipinski definition) is 2. The van der Waals surface area contributed by atoms with Crippen molar-refractivity contribution in [1.29, 1.82) is 0 Å². The van der Waals surface area contributed by atoms with Crippen LogP contribution in [0.1, 0.15) is 58.6 Å². The van der Waals surface area contributed by atoms with Gasteiger partial charge < -0.3 is 29.6 Å². The van der Waals surface area contributed by atoms with E-state index in [2.05, 4.69) is 22.8 Å². The molecule has 0 fully saturated rings. The van der Waals surface area contributed by atoms with Crippen LogP contribution in [0.2, 0.25) is 5.02 Å². The van der Waals surface area contributed by atoms with Crippen molar-refractivity contribution in [3.8, 4) is 16.9 Å². The first-order chi connectivity index (χ1) is 26.3. The van der Waals surface area contributed by atoms with Gasteiger partial charge in [-0.15, -0.1) is 0 Å². The molecule has 10 heteroatoms. The molecule has 0 aliphatic heterocycles. The number of nitrogens with one attached hydrogen (secondary N) is 2. The minimum atomic E-state index is -0.968. The molecular weight excluding hydrogens is 704 g/mol. The Morgan fingerprint density at radius 2 is 1.30 bits per heavy atom. The highest BCUT2D eigenvalue weighted by molar-refractivity contribution is 6.31. The summed E-state index contributed by atoms with van der Waals surface area (Å²) in [6.45, 7) is 2.97. The number of esters is 1. The van der Waals surface area contributed by atoms with Crippen molar-refractivity contribution in [2.75, 3.05) is 13.2 Å². The van der Waals surface area contributed by atoms with E-state index in [4.69, 9.17) is 30.5 Å². The SMILES string of the molecule is Cc1ccc(COc2ccc(COC(=O)[C@H](CCCCNC(=O)OCc3ccccc3Cl)NC(=O)OCC3c4ccccc4-c4ccccc43)cc2)cc1. The van der Waals surface area contributed by atoms with Gasteiger partial charge in [0, 0.05) is 23.0 Å². The Morgan fingerprint density at radius 3 is 2.00 bits per heavy atom. The molecule has 278 valence electrons. The molecule has 5 aromatic carbocycles. The zero-order valence-electron chi connectivity index (χ0n) is 30.1. The summed E-state index contributed by atoms with van der Waals surface area (Å²) in [6, 6.07) is 37.8. The summed E-state index contributed by atoms with van der Waals surface area (Å²) >= 11 is 6.14. The van der Waals surface area contributed by atoms with Crippen molar-refractivity contribution in [3.05, 3.63) is 160 Å². The number of unbranched alkanes of at least 4 members (excludes halogenated alkanes) is 1. The monoisotopic (exact) mass is 746 g/mol. The third-order valence-electron chi connectivity index (χ3n) is 9.26. The van der Waals surface area contributed by atoms with Crippen LogP contribution in [0, 0.1) is 6.92 Å². The predicted octanol–water partition coefficient (Wildman–Crippen LogP) is 9.27. The second-order valence-corrected chi connectivity index (χ2v) is 13.5. The summed E-state index contributed by atoms with van der Waals surface area (Å²) in [4.78, 5) is 38.8. The molecule has 0 unspecified atom stereocenters. The van der Waals surface area contributed by atoms with E-state index in [1.165, 1.54) is 5.56 Å². The van der Waals surface area contributed by atoms with Crippen LogP contribution in [-0.4, -0.2) is 37.3 Å². The second kappa shape index (κ2) is 18.8. The van der Waals surface area contributed by atoms with Gasteiger partial charge in [-0.3, -0.25) is 0 Å². The quantitative estimate of drug-likeness (QED) is 0.0588. The van der Waals surface area contributed by atoms with Gasteiger partial charge in [-0.05, 0) is 77.8 Å². The van der Waals surface area contributed by atoms with Crippen molar-refractivity contribution < 1.29 is 33.3 Å². The molecule has 6 rings (SSSR count). The number of carbonyl (C=O) groups excluding carboxylic acids is 3. The van der Waals surface area contributed by atoms with Crippen LogP contribution >= 0.6 is 11.6 Å². The normalized spacial score (nSPS) is 12.2. The fourth-order valence-electron chi connectivity index (χ4n) is 6.29. The van der Waals surface area contributed by atoms with Gasteiger partial charge in [0.15, 0.2) is 0 Å². The lowest BCUT2D eigenvalue weighted by Crippen LogP contribution is -2.42. The molecule has 1 aliphatic carbocycles. The highest BCUT2D eigenvalue weighted by atomic mass is 35.5. The maximum Gasteiger partial charge on any atom is 0.407 e. The molecular formula is C44H43ClN2O7. The van der Waals surface area contributed by atoms with E-state index >= 15 is 0 Å². The van der Waals surface area contributed by atoms with Crippen molar-refractivity contribution in [3.63, 3.8) is 0 Å². The Labute approximate surface area is 320 Å². The number of benzene rings is 5. The number of amides is 2. The van der Waals surface area contributed by atoms with Crippen LogP contribution in [0.4, 0.5) is 9.59 Å². The Morgan fingerprint density at radius 1 is 0.667 bits per heavy atom. The van der Waals surface area contributed by atoms with E-state index in [1.54, 1.807) is 18.2 Å². The molecule has 5 aromatic rings. The molecule has 2 amide bonds. The molecule has 54 heavy (non-hydrogen) atoms. The number of halogens is 1. The zero-order valence-corrected chi connectivity index (χ0v) is 30.9. The molecule has 1 aliphatic rings. The molecule has 9 nitrogen and oxygen atoms in total. The highest BCUT2D eigenvalue weighted by Gasteiger charge is 2.30. The van der Waals surface area contributed by atoms with Gasteiger partial charge in [-0.25, -0.2) is 14.4 Å². The largest absolute Gasteiger partial charge is 0.489 e. The Balaban J connectivity index is 1.01. The number of hydrogen-bond acceptors (Lipinski definition) is 7. The van der Waals surface area contributed by atoms with Gasteiger partial charge in [0.1, 0.15) is 38.2 Å². The van der Waals surface area contributed by atoms with Gasteiger partial charge in [-0.1, -0.05) is 120 Å². The van der Waals surface area contributed by atoms with Crippen molar-refractivity contribution in [1.82, 2.24) is 10.6 Å². The third kappa shape index (κ3) is 10.4. The molecule has 1 atom stereocenters. The lowest BCUT2D eigenvalue weighted by molar-refractivity contribution is -0.147. The van der Waals surface area contributed by atoms with E-state index in [9.17, 15) is 14.4 Å². The number of ether oxygens (including phenoxy) is 4. The van der Waals surface area contributed by atoms with Crippen LogP contribution in [0.15, 0.2) is 121 Å². The highest BCUT2D eigenvalue weighted by Crippen LogP contribution is 2.44. The minimum Gasteiger partial charge on any atom is -0.489 e. The number of fused-ring (bicyclic) bond motifs is 3. The summed E-state index contributed by atoms with van der Waals surface area (Å²) in [5.41, 5.74) is 8.15. The van der Waals surface area contributed by atoms with Crippen LogP contribution < -0.4 is 15.4 Å². The second-order valence-electron chi connectivity index (χ2n) is 13.1. The van der Waals surface area contributed by atoms with Gasteiger partial charge in [-0.2, -0.15) is 0 Å². The molecule has 0 aromatic heterocycles. The standard InChI is InChI=1S/C44H43ClN2O7/c1-30-17-19-31(20-18-30)26-51-34-23-21-32(22-24-34)27-52-42(48)41(16-8-9-25-46-43(49)53-28-33-10-2-7-15-40(33)45)47-44(50)54-29-39-37-13-5-3-11-35(37)36-12-4-6-14-38(36)39/h2-7,10-15,17-24,39,41H,8-9,16,25-29H2,1H3,(H,46,49)(H,47,50)/t41-/m0/s1. The van der Waals surface area contributed by atoms with Gasteiger partial charge in [0.25, 0.3) is 0 Å². The topological polar surface area (TPSA) is 112 Å². The van der Waals surface area contributed by atoms with Gasteiger partial charge in [0.2, 0.25) is 0 Å². The fourth-order valence-corrected chi connectivity index (χ4v) is 6.48. The molecule has 0 heterocycles. The zero-order chi connectivity index (χ0) is 37.7. The first-order valence-electron chi connectivity index (χ1n) is 18.0. The average Bonchev–Trinajstić information content (AvgIpc) is 3.51. The van der Waals surface area contributed by atoms with E-state index in [0.717, 1.165) is 33.4 Å². The number of aryl methyl sites for hydroxylation is 1. The minimum absolute atomic E-state index is 0.0127. The lowest BCUT2D eigenvalue weighted by atomic mass is 9.98. The average molecular weight is 747 g/mol. The Hall–Kier alpha value is -5.80. The first-order valence-corrected chi connectivity index (χ1v) is 18.4. The van der Waals surface area contributed by atoms with Crippen LogP contribution in [-0.2, 0) is 38.8 Å². The summed E-state index contributed by atoms with van der Waals surface area (Å²) in [5.74, 6) is -0.0155. The maximum absolute atomic E-state index is 13.4.